The second-order valence-corrected chi connectivity index (χ2v) is 8.00. The van der Waals surface area contributed by atoms with Crippen molar-refractivity contribution in [2.45, 2.75) is 32.6 Å². The van der Waals surface area contributed by atoms with Gasteiger partial charge in [-0.25, -0.2) is 4.98 Å². The molecule has 1 aliphatic heterocycles. The van der Waals surface area contributed by atoms with Crippen molar-refractivity contribution in [2.24, 2.45) is 5.10 Å². The van der Waals surface area contributed by atoms with E-state index in [0.717, 1.165) is 29.5 Å². The Balaban J connectivity index is 1.68. The van der Waals surface area contributed by atoms with Crippen molar-refractivity contribution in [1.82, 2.24) is 9.66 Å². The second kappa shape index (κ2) is 8.27. The number of aromatic nitrogens is 2. The van der Waals surface area contributed by atoms with Gasteiger partial charge in [0.15, 0.2) is 0 Å². The minimum absolute atomic E-state index is 0.139. The van der Waals surface area contributed by atoms with Crippen LogP contribution in [0.4, 0.5) is 5.69 Å². The third-order valence-electron chi connectivity index (χ3n) is 5.04. The molecule has 0 amide bonds. The van der Waals surface area contributed by atoms with Crippen LogP contribution >= 0.6 is 15.9 Å². The molecule has 4 rings (SSSR count). The van der Waals surface area contributed by atoms with Gasteiger partial charge < -0.3 is 4.90 Å². The molecule has 6 heteroatoms. The minimum atomic E-state index is -0.139. The molecular formula is C22H23BrN4O. The molecule has 0 bridgehead atoms. The zero-order chi connectivity index (χ0) is 19.5. The van der Waals surface area contributed by atoms with E-state index in [1.807, 2.05) is 24.3 Å². The molecule has 1 aliphatic rings. The Morgan fingerprint density at radius 2 is 1.89 bits per heavy atom. The molecule has 3 aromatic rings. The summed E-state index contributed by atoms with van der Waals surface area (Å²) < 4.78 is 2.29. The number of anilines is 1. The lowest BCUT2D eigenvalue weighted by Crippen LogP contribution is -2.22. The predicted octanol–water partition coefficient (Wildman–Crippen LogP) is 4.59. The highest BCUT2D eigenvalue weighted by atomic mass is 79.9. The van der Waals surface area contributed by atoms with E-state index in [1.165, 1.54) is 23.2 Å². The van der Waals surface area contributed by atoms with Gasteiger partial charge in [0.2, 0.25) is 0 Å². The highest BCUT2D eigenvalue weighted by molar-refractivity contribution is 9.10. The maximum Gasteiger partial charge on any atom is 0.282 e. The third-order valence-corrected chi connectivity index (χ3v) is 5.53. The molecule has 0 aliphatic carbocycles. The van der Waals surface area contributed by atoms with Crippen LogP contribution in [-0.4, -0.2) is 29.0 Å². The van der Waals surface area contributed by atoms with E-state index < -0.39 is 0 Å². The summed E-state index contributed by atoms with van der Waals surface area (Å²) in [4.78, 5) is 20.1. The lowest BCUT2D eigenvalue weighted by Gasteiger charge is -2.17. The van der Waals surface area contributed by atoms with Crippen LogP contribution in [0.25, 0.3) is 10.9 Å². The lowest BCUT2D eigenvalue weighted by molar-refractivity contribution is 0.704. The third kappa shape index (κ3) is 3.87. The normalized spacial score (nSPS) is 14.4. The molecule has 2 aromatic carbocycles. The Bertz CT molecular complexity index is 1070. The van der Waals surface area contributed by atoms with E-state index in [1.54, 1.807) is 12.3 Å². The fourth-order valence-corrected chi connectivity index (χ4v) is 3.93. The number of aryl methyl sites for hydroxylation is 1. The summed E-state index contributed by atoms with van der Waals surface area (Å²) in [6.45, 7) is 4.33. The summed E-state index contributed by atoms with van der Waals surface area (Å²) in [5.74, 6) is 0.687. The van der Waals surface area contributed by atoms with E-state index in [-0.39, 0.29) is 5.56 Å². The van der Waals surface area contributed by atoms with Crippen LogP contribution < -0.4 is 10.5 Å². The molecule has 0 radical (unpaired) electrons. The Kier molecular flexibility index (Phi) is 5.57. The van der Waals surface area contributed by atoms with Crippen LogP contribution in [0.2, 0.25) is 0 Å². The molecule has 0 saturated carbocycles. The fourth-order valence-electron chi connectivity index (χ4n) is 3.57. The molecule has 1 aromatic heterocycles. The molecule has 1 saturated heterocycles. The number of halogens is 1. The van der Waals surface area contributed by atoms with Crippen molar-refractivity contribution in [3.05, 3.63) is 68.7 Å². The van der Waals surface area contributed by atoms with Gasteiger partial charge in [-0.05, 0) is 55.2 Å². The van der Waals surface area contributed by atoms with Gasteiger partial charge in [0.25, 0.3) is 5.56 Å². The number of rotatable bonds is 5. The van der Waals surface area contributed by atoms with Crippen molar-refractivity contribution in [2.75, 3.05) is 18.0 Å². The first-order valence-electron chi connectivity index (χ1n) is 9.76. The first kappa shape index (κ1) is 18.9. The summed E-state index contributed by atoms with van der Waals surface area (Å²) in [5, 5.41) is 5.05. The molecule has 0 N–H and O–H groups in total. The van der Waals surface area contributed by atoms with Crippen molar-refractivity contribution >= 4 is 38.7 Å². The van der Waals surface area contributed by atoms with Crippen LogP contribution in [0, 0.1) is 0 Å². The number of benzene rings is 2. The van der Waals surface area contributed by atoms with Crippen molar-refractivity contribution in [3.63, 3.8) is 0 Å². The molecule has 0 unspecified atom stereocenters. The molecule has 28 heavy (non-hydrogen) atoms. The van der Waals surface area contributed by atoms with Gasteiger partial charge in [-0.2, -0.15) is 9.78 Å². The van der Waals surface area contributed by atoms with Gasteiger partial charge in [0.1, 0.15) is 5.82 Å². The summed E-state index contributed by atoms with van der Waals surface area (Å²) in [6, 6.07) is 13.9. The standard InChI is InChI=1S/C22H23BrN4O/c1-2-5-21-25-20-11-8-17(23)14-19(20)22(28)27(21)24-15-16-6-9-18(10-7-16)26-12-3-4-13-26/h6-11,14-15H,2-5,12-13H2,1H3. The van der Waals surface area contributed by atoms with Crippen LogP contribution in [0.1, 0.15) is 37.6 Å². The van der Waals surface area contributed by atoms with Gasteiger partial charge in [-0.3, -0.25) is 4.79 Å². The van der Waals surface area contributed by atoms with Gasteiger partial charge in [0.05, 0.1) is 17.1 Å². The second-order valence-electron chi connectivity index (χ2n) is 7.09. The van der Waals surface area contributed by atoms with Crippen molar-refractivity contribution in [3.8, 4) is 0 Å². The summed E-state index contributed by atoms with van der Waals surface area (Å²) in [6.07, 6.45) is 5.86. The zero-order valence-electron chi connectivity index (χ0n) is 15.9. The number of nitrogens with zero attached hydrogens (tertiary/aromatic N) is 4. The van der Waals surface area contributed by atoms with Crippen LogP contribution in [0.5, 0.6) is 0 Å². The average Bonchev–Trinajstić information content (AvgIpc) is 3.24. The number of fused-ring (bicyclic) bond motifs is 1. The Morgan fingerprint density at radius 1 is 1.14 bits per heavy atom. The van der Waals surface area contributed by atoms with E-state index in [9.17, 15) is 4.79 Å². The monoisotopic (exact) mass is 438 g/mol. The van der Waals surface area contributed by atoms with Gasteiger partial charge in [-0.1, -0.05) is 35.0 Å². The largest absolute Gasteiger partial charge is 0.372 e. The maximum absolute atomic E-state index is 13.0. The van der Waals surface area contributed by atoms with Crippen LogP contribution in [-0.2, 0) is 6.42 Å². The van der Waals surface area contributed by atoms with Crippen molar-refractivity contribution < 1.29 is 0 Å². The first-order chi connectivity index (χ1) is 13.7. The molecule has 144 valence electrons. The van der Waals surface area contributed by atoms with Crippen molar-refractivity contribution in [1.29, 1.82) is 0 Å². The molecule has 5 nitrogen and oxygen atoms in total. The SMILES string of the molecule is CCCc1nc2ccc(Br)cc2c(=O)n1N=Cc1ccc(N2CCCC2)cc1. The number of hydrogen-bond donors (Lipinski definition) is 0. The van der Waals surface area contributed by atoms with Gasteiger partial charge in [-0.15, -0.1) is 0 Å². The molecular weight excluding hydrogens is 416 g/mol. The topological polar surface area (TPSA) is 50.5 Å². The Hall–Kier alpha value is -2.47. The lowest BCUT2D eigenvalue weighted by atomic mass is 10.2. The maximum atomic E-state index is 13.0. The van der Waals surface area contributed by atoms with E-state index in [4.69, 9.17) is 0 Å². The Labute approximate surface area is 172 Å². The molecule has 0 atom stereocenters. The fraction of sp³-hybridized carbons (Fsp3) is 0.318. The zero-order valence-corrected chi connectivity index (χ0v) is 17.5. The number of hydrogen-bond acceptors (Lipinski definition) is 4. The first-order valence-corrected chi connectivity index (χ1v) is 10.6. The highest BCUT2D eigenvalue weighted by Crippen LogP contribution is 2.20. The van der Waals surface area contributed by atoms with Crippen LogP contribution in [0.15, 0.2) is 56.8 Å². The molecule has 0 spiro atoms. The minimum Gasteiger partial charge on any atom is -0.372 e. The highest BCUT2D eigenvalue weighted by Gasteiger charge is 2.12. The van der Waals surface area contributed by atoms with Gasteiger partial charge in [0, 0.05) is 29.7 Å². The molecule has 2 heterocycles. The quantitative estimate of drug-likeness (QED) is 0.547. The summed E-state index contributed by atoms with van der Waals surface area (Å²) in [7, 11) is 0. The average molecular weight is 439 g/mol. The smallest absolute Gasteiger partial charge is 0.282 e. The Morgan fingerprint density at radius 3 is 2.61 bits per heavy atom. The summed E-state index contributed by atoms with van der Waals surface area (Å²) >= 11 is 3.43. The molecule has 1 fully saturated rings. The summed E-state index contributed by atoms with van der Waals surface area (Å²) in [5.41, 5.74) is 2.78. The van der Waals surface area contributed by atoms with E-state index in [2.05, 4.69) is 50.0 Å². The van der Waals surface area contributed by atoms with Crippen LogP contribution in [0.3, 0.4) is 0 Å². The van der Waals surface area contributed by atoms with E-state index in [0.29, 0.717) is 23.1 Å². The van der Waals surface area contributed by atoms with E-state index >= 15 is 0 Å². The van der Waals surface area contributed by atoms with Gasteiger partial charge >= 0.3 is 0 Å². The predicted molar refractivity (Wildman–Crippen MR) is 119 cm³/mol.